The smallest absolute Gasteiger partial charge is 0.315 e. The fourth-order valence-electron chi connectivity index (χ4n) is 5.66. The lowest BCUT2D eigenvalue weighted by atomic mass is 9.53. The molecule has 6 heteroatoms. The van der Waals surface area contributed by atoms with Gasteiger partial charge in [0.05, 0.1) is 6.61 Å². The first-order valence-electron chi connectivity index (χ1n) is 10.1. The van der Waals surface area contributed by atoms with Gasteiger partial charge in [-0.05, 0) is 61.8 Å². The average molecular weight is 371 g/mol. The summed E-state index contributed by atoms with van der Waals surface area (Å²) >= 11 is 0. The minimum Gasteiger partial charge on any atom is -0.338 e. The number of amides is 3. The van der Waals surface area contributed by atoms with E-state index in [0.717, 1.165) is 42.6 Å². The molecule has 0 saturated heterocycles. The first-order valence-corrected chi connectivity index (χ1v) is 10.1. The Labute approximate surface area is 160 Å². The second-order valence-electron chi connectivity index (χ2n) is 8.63. The van der Waals surface area contributed by atoms with Gasteiger partial charge in [0.25, 0.3) is 0 Å². The maximum absolute atomic E-state index is 12.3. The van der Waals surface area contributed by atoms with Crippen LogP contribution < -0.4 is 16.1 Å². The van der Waals surface area contributed by atoms with Gasteiger partial charge in [-0.2, -0.15) is 0 Å². The van der Waals surface area contributed by atoms with E-state index in [1.165, 1.54) is 19.3 Å². The Morgan fingerprint density at radius 2 is 1.63 bits per heavy atom. The van der Waals surface area contributed by atoms with Gasteiger partial charge < -0.3 is 10.6 Å². The molecule has 3 amide bonds. The Morgan fingerprint density at radius 3 is 2.26 bits per heavy atom. The number of carbonyl (C=O) groups excluding carboxylic acids is 2. The Bertz CT molecular complexity index is 641. The van der Waals surface area contributed by atoms with Crippen LogP contribution in [0.3, 0.4) is 0 Å². The number of nitrogens with one attached hydrogen (secondary N) is 3. The van der Waals surface area contributed by atoms with Crippen molar-refractivity contribution in [3.8, 4) is 0 Å². The minimum atomic E-state index is -0.235. The molecule has 5 rings (SSSR count). The van der Waals surface area contributed by atoms with Gasteiger partial charge in [-0.25, -0.2) is 10.3 Å². The van der Waals surface area contributed by atoms with Crippen molar-refractivity contribution in [2.24, 2.45) is 17.8 Å². The van der Waals surface area contributed by atoms with Crippen LogP contribution >= 0.6 is 0 Å². The third-order valence-corrected chi connectivity index (χ3v) is 6.32. The van der Waals surface area contributed by atoms with E-state index in [1.807, 2.05) is 30.3 Å². The third-order valence-electron chi connectivity index (χ3n) is 6.32. The number of benzene rings is 1. The number of hydrogen-bond acceptors (Lipinski definition) is 3. The molecule has 0 aliphatic heterocycles. The van der Waals surface area contributed by atoms with Crippen LogP contribution in [0.4, 0.5) is 4.79 Å². The summed E-state index contributed by atoms with van der Waals surface area (Å²) in [6.45, 7) is 0.630. The maximum Gasteiger partial charge on any atom is 0.315 e. The van der Waals surface area contributed by atoms with Crippen molar-refractivity contribution < 1.29 is 14.4 Å². The largest absolute Gasteiger partial charge is 0.338 e. The first kappa shape index (κ1) is 18.3. The number of urea groups is 1. The predicted molar refractivity (Wildman–Crippen MR) is 101 cm³/mol. The van der Waals surface area contributed by atoms with Crippen LogP contribution in [0.25, 0.3) is 0 Å². The highest BCUT2D eigenvalue weighted by Crippen LogP contribution is 2.55. The molecule has 0 aromatic heterocycles. The van der Waals surface area contributed by atoms with E-state index in [0.29, 0.717) is 13.2 Å². The zero-order chi connectivity index (χ0) is 18.7. The zero-order valence-electron chi connectivity index (χ0n) is 15.7. The molecule has 4 bridgehead atoms. The number of carbonyl (C=O) groups is 2. The molecule has 1 aromatic rings. The SMILES string of the molecule is O=C(CCNC(=O)NC12CC3CC(CC(C3)C1)C2)NOCc1ccccc1. The third kappa shape index (κ3) is 4.61. The van der Waals surface area contributed by atoms with Gasteiger partial charge in [0.15, 0.2) is 0 Å². The van der Waals surface area contributed by atoms with Crippen LogP contribution in [0.2, 0.25) is 0 Å². The lowest BCUT2D eigenvalue weighted by molar-refractivity contribution is -0.134. The van der Waals surface area contributed by atoms with Crippen molar-refractivity contribution in [2.75, 3.05) is 6.54 Å². The summed E-state index contributed by atoms with van der Waals surface area (Å²) in [4.78, 5) is 29.3. The van der Waals surface area contributed by atoms with Crippen LogP contribution in [0.5, 0.6) is 0 Å². The highest BCUT2D eigenvalue weighted by molar-refractivity contribution is 5.77. The molecular formula is C21H29N3O3. The van der Waals surface area contributed by atoms with E-state index < -0.39 is 0 Å². The number of hydrogen-bond donors (Lipinski definition) is 3. The second kappa shape index (κ2) is 7.89. The van der Waals surface area contributed by atoms with Crippen LogP contribution in [0.15, 0.2) is 30.3 Å². The summed E-state index contributed by atoms with van der Waals surface area (Å²) in [5.74, 6) is 2.15. The molecular weight excluding hydrogens is 342 g/mol. The van der Waals surface area contributed by atoms with E-state index in [-0.39, 0.29) is 23.9 Å². The molecule has 0 spiro atoms. The topological polar surface area (TPSA) is 79.5 Å². The van der Waals surface area contributed by atoms with Crippen molar-refractivity contribution in [3.05, 3.63) is 35.9 Å². The summed E-state index contributed by atoms with van der Waals surface area (Å²) < 4.78 is 0. The van der Waals surface area contributed by atoms with Crippen molar-refractivity contribution in [3.63, 3.8) is 0 Å². The maximum atomic E-state index is 12.3. The molecule has 4 aliphatic carbocycles. The summed E-state index contributed by atoms with van der Waals surface area (Å²) in [5, 5.41) is 6.08. The fourth-order valence-corrected chi connectivity index (χ4v) is 5.66. The molecule has 3 N–H and O–H groups in total. The lowest BCUT2D eigenvalue weighted by Gasteiger charge is -2.56. The molecule has 6 nitrogen and oxygen atoms in total. The quantitative estimate of drug-likeness (QED) is 0.645. The van der Waals surface area contributed by atoms with E-state index in [2.05, 4.69) is 16.1 Å². The monoisotopic (exact) mass is 371 g/mol. The van der Waals surface area contributed by atoms with E-state index in [4.69, 9.17) is 4.84 Å². The van der Waals surface area contributed by atoms with Gasteiger partial charge in [-0.3, -0.25) is 9.63 Å². The number of rotatable bonds is 7. The molecule has 0 unspecified atom stereocenters. The van der Waals surface area contributed by atoms with Crippen molar-refractivity contribution in [2.45, 2.75) is 57.1 Å². The Morgan fingerprint density at radius 1 is 1.00 bits per heavy atom. The van der Waals surface area contributed by atoms with Gasteiger partial charge in [0.2, 0.25) is 5.91 Å². The molecule has 4 fully saturated rings. The van der Waals surface area contributed by atoms with Crippen molar-refractivity contribution in [1.29, 1.82) is 0 Å². The average Bonchev–Trinajstić information content (AvgIpc) is 2.61. The Hall–Kier alpha value is -2.08. The Balaban J connectivity index is 1.13. The molecule has 146 valence electrons. The van der Waals surface area contributed by atoms with Crippen LogP contribution in [0, 0.1) is 17.8 Å². The molecule has 4 aliphatic rings. The predicted octanol–water partition coefficient (Wildman–Crippen LogP) is 2.89. The highest BCUT2D eigenvalue weighted by Gasteiger charge is 2.51. The zero-order valence-corrected chi connectivity index (χ0v) is 15.7. The van der Waals surface area contributed by atoms with Gasteiger partial charge >= 0.3 is 6.03 Å². The molecule has 1 aromatic carbocycles. The lowest BCUT2D eigenvalue weighted by Crippen LogP contribution is -2.61. The molecule has 0 heterocycles. The van der Waals surface area contributed by atoms with E-state index >= 15 is 0 Å². The number of hydroxylamine groups is 1. The van der Waals surface area contributed by atoms with Crippen molar-refractivity contribution >= 4 is 11.9 Å². The van der Waals surface area contributed by atoms with Gasteiger partial charge in [-0.1, -0.05) is 30.3 Å². The minimum absolute atomic E-state index is 0.000112. The van der Waals surface area contributed by atoms with Crippen molar-refractivity contribution in [1.82, 2.24) is 16.1 Å². The summed E-state index contributed by atoms with van der Waals surface area (Å²) in [6.07, 6.45) is 7.63. The van der Waals surface area contributed by atoms with Gasteiger partial charge in [-0.15, -0.1) is 0 Å². The molecule has 0 radical (unpaired) electrons. The summed E-state index contributed by atoms with van der Waals surface area (Å²) in [7, 11) is 0. The standard InChI is InChI=1S/C21H29N3O3/c25-19(24-27-14-15-4-2-1-3-5-15)6-7-22-20(26)23-21-11-16-8-17(12-21)10-18(9-16)13-21/h1-5,16-18H,6-14H2,(H,24,25)(H2,22,23,26). The molecule has 0 atom stereocenters. The van der Waals surface area contributed by atoms with Crippen LogP contribution in [-0.4, -0.2) is 24.0 Å². The first-order chi connectivity index (χ1) is 13.1. The molecule has 4 saturated carbocycles. The van der Waals surface area contributed by atoms with Crippen LogP contribution in [-0.2, 0) is 16.2 Å². The Kier molecular flexibility index (Phi) is 5.34. The fraction of sp³-hybridized carbons (Fsp3) is 0.619. The normalized spacial score (nSPS) is 30.7. The van der Waals surface area contributed by atoms with Crippen LogP contribution in [0.1, 0.15) is 50.5 Å². The van der Waals surface area contributed by atoms with E-state index in [1.54, 1.807) is 0 Å². The highest BCUT2D eigenvalue weighted by atomic mass is 16.6. The summed E-state index contributed by atoms with van der Waals surface area (Å²) in [5.41, 5.74) is 3.41. The van der Waals surface area contributed by atoms with E-state index in [9.17, 15) is 9.59 Å². The van der Waals surface area contributed by atoms with Gasteiger partial charge in [0, 0.05) is 18.5 Å². The van der Waals surface area contributed by atoms with Gasteiger partial charge in [0.1, 0.15) is 0 Å². The molecule has 27 heavy (non-hydrogen) atoms. The summed E-state index contributed by atoms with van der Waals surface area (Å²) in [6, 6.07) is 9.50. The second-order valence-corrected chi connectivity index (χ2v) is 8.63.